The normalized spacial score (nSPS) is 21.8. The molecule has 0 unspecified atom stereocenters. The van der Waals surface area contributed by atoms with Gasteiger partial charge in [-0.15, -0.1) is 0 Å². The minimum atomic E-state index is -1.37. The molecule has 1 fully saturated rings. The second-order valence-corrected chi connectivity index (χ2v) is 10.7. The van der Waals surface area contributed by atoms with Crippen molar-refractivity contribution in [1.82, 2.24) is 19.6 Å². The Morgan fingerprint density at radius 3 is 2.44 bits per heavy atom. The van der Waals surface area contributed by atoms with Crippen LogP contribution < -0.4 is 4.74 Å². The third-order valence-corrected chi connectivity index (χ3v) is 6.56. The first-order valence-corrected chi connectivity index (χ1v) is 12.6. The Labute approximate surface area is 226 Å². The van der Waals surface area contributed by atoms with Gasteiger partial charge in [0.1, 0.15) is 29.8 Å². The van der Waals surface area contributed by atoms with E-state index in [-0.39, 0.29) is 62.8 Å². The van der Waals surface area contributed by atoms with Gasteiger partial charge in [-0.05, 0) is 45.4 Å². The first-order chi connectivity index (χ1) is 18.2. The summed E-state index contributed by atoms with van der Waals surface area (Å²) in [6.07, 6.45) is -1.00. The number of nitrogens with zero attached hydrogens (tertiary/aromatic N) is 4. The van der Waals surface area contributed by atoms with Gasteiger partial charge in [-0.2, -0.15) is 0 Å². The average Bonchev–Trinajstić information content (AvgIpc) is 2.85. The van der Waals surface area contributed by atoms with Crippen LogP contribution in [0.5, 0.6) is 5.75 Å². The predicted molar refractivity (Wildman–Crippen MR) is 136 cm³/mol. The largest absolute Gasteiger partial charge is 0.491 e. The molecule has 3 rings (SSSR count). The number of halogens is 1. The fourth-order valence-corrected chi connectivity index (χ4v) is 4.45. The van der Waals surface area contributed by atoms with Crippen molar-refractivity contribution < 1.29 is 42.9 Å². The van der Waals surface area contributed by atoms with Gasteiger partial charge in [0.15, 0.2) is 0 Å². The van der Waals surface area contributed by atoms with E-state index in [2.05, 4.69) is 0 Å². The number of carboxylic acids is 1. The van der Waals surface area contributed by atoms with Crippen molar-refractivity contribution >= 4 is 29.8 Å². The van der Waals surface area contributed by atoms with Crippen LogP contribution in [0.4, 0.5) is 9.18 Å². The second-order valence-electron chi connectivity index (χ2n) is 10.7. The van der Waals surface area contributed by atoms with Gasteiger partial charge >= 0.3 is 12.1 Å². The summed E-state index contributed by atoms with van der Waals surface area (Å²) in [6.45, 7) is 5.19. The number of piperazine rings is 1. The van der Waals surface area contributed by atoms with Gasteiger partial charge in [0, 0.05) is 40.2 Å². The SMILES string of the molecule is CN1CC(=O)N2CCN(C(=O)OC(C)(C)C)C[C@H]2COc2ccc(F)cc2C(=O)N(C)[C@H](C(=O)O)CCC1=O. The number of rotatable bonds is 1. The van der Waals surface area contributed by atoms with Crippen molar-refractivity contribution in [2.45, 2.75) is 51.3 Å². The van der Waals surface area contributed by atoms with Crippen molar-refractivity contribution in [2.75, 3.05) is 46.9 Å². The highest BCUT2D eigenvalue weighted by molar-refractivity contribution is 5.99. The summed E-state index contributed by atoms with van der Waals surface area (Å²) < 4.78 is 25.6. The molecule has 2 aliphatic heterocycles. The van der Waals surface area contributed by atoms with Crippen LogP contribution in [0.15, 0.2) is 18.2 Å². The molecule has 0 bridgehead atoms. The highest BCUT2D eigenvalue weighted by Gasteiger charge is 2.37. The van der Waals surface area contributed by atoms with E-state index in [0.29, 0.717) is 0 Å². The smallest absolute Gasteiger partial charge is 0.410 e. The molecule has 0 spiro atoms. The number of hydrogen-bond acceptors (Lipinski definition) is 7. The maximum atomic E-state index is 14.2. The molecular formula is C26H35FN4O8. The molecular weight excluding hydrogens is 515 g/mol. The van der Waals surface area contributed by atoms with Crippen LogP contribution in [0.1, 0.15) is 44.0 Å². The number of carboxylic acid groups (broad SMARTS) is 1. The number of benzene rings is 1. The summed E-state index contributed by atoms with van der Waals surface area (Å²) in [4.78, 5) is 69.0. The fraction of sp³-hybridized carbons (Fsp3) is 0.577. The number of carbonyl (C=O) groups is 5. The highest BCUT2D eigenvalue weighted by atomic mass is 19.1. The van der Waals surface area contributed by atoms with Gasteiger partial charge in [-0.25, -0.2) is 14.0 Å². The van der Waals surface area contributed by atoms with Crippen LogP contribution >= 0.6 is 0 Å². The molecule has 1 aromatic rings. The summed E-state index contributed by atoms with van der Waals surface area (Å²) in [5.41, 5.74) is -0.936. The molecule has 39 heavy (non-hydrogen) atoms. The lowest BCUT2D eigenvalue weighted by Crippen LogP contribution is -2.60. The molecule has 0 saturated carbocycles. The Kier molecular flexibility index (Phi) is 9.03. The molecule has 0 aliphatic carbocycles. The molecule has 1 N–H and O–H groups in total. The quantitative estimate of drug-likeness (QED) is 0.555. The van der Waals surface area contributed by atoms with Crippen molar-refractivity contribution in [3.63, 3.8) is 0 Å². The van der Waals surface area contributed by atoms with Gasteiger partial charge in [-0.3, -0.25) is 14.4 Å². The molecule has 214 valence electrons. The number of fused-ring (bicyclic) bond motifs is 2. The monoisotopic (exact) mass is 550 g/mol. The number of ether oxygens (including phenoxy) is 2. The number of likely N-dealkylation sites (N-methyl/N-ethyl adjacent to an activating group) is 2. The summed E-state index contributed by atoms with van der Waals surface area (Å²) in [7, 11) is 2.69. The molecule has 2 aliphatic rings. The van der Waals surface area contributed by atoms with Crippen molar-refractivity contribution in [3.8, 4) is 5.75 Å². The molecule has 2 heterocycles. The number of hydrogen-bond donors (Lipinski definition) is 1. The topological polar surface area (TPSA) is 137 Å². The lowest BCUT2D eigenvalue weighted by molar-refractivity contribution is -0.144. The lowest BCUT2D eigenvalue weighted by atomic mass is 10.1. The average molecular weight is 551 g/mol. The zero-order chi connectivity index (χ0) is 29.1. The summed E-state index contributed by atoms with van der Waals surface area (Å²) >= 11 is 0. The molecule has 0 aromatic heterocycles. The number of carbonyl (C=O) groups excluding carboxylic acids is 4. The molecule has 12 nitrogen and oxygen atoms in total. The Morgan fingerprint density at radius 1 is 1.10 bits per heavy atom. The van der Waals surface area contributed by atoms with E-state index in [1.165, 1.54) is 34.9 Å². The zero-order valence-electron chi connectivity index (χ0n) is 22.8. The van der Waals surface area contributed by atoms with Crippen LogP contribution in [0.2, 0.25) is 0 Å². The van der Waals surface area contributed by atoms with Gasteiger partial charge < -0.3 is 34.2 Å². The summed E-state index contributed by atoms with van der Waals surface area (Å²) in [6, 6.07) is 1.24. The maximum Gasteiger partial charge on any atom is 0.410 e. The Hall–Kier alpha value is -3.90. The van der Waals surface area contributed by atoms with Crippen molar-refractivity contribution in [1.29, 1.82) is 0 Å². The molecule has 1 saturated heterocycles. The Morgan fingerprint density at radius 2 is 1.79 bits per heavy atom. The third-order valence-electron chi connectivity index (χ3n) is 6.56. The van der Waals surface area contributed by atoms with Gasteiger partial charge in [0.05, 0.1) is 18.2 Å². The summed E-state index contributed by atoms with van der Waals surface area (Å²) in [5, 5.41) is 9.73. The van der Waals surface area contributed by atoms with Gasteiger partial charge in [0.2, 0.25) is 11.8 Å². The van der Waals surface area contributed by atoms with E-state index in [4.69, 9.17) is 9.47 Å². The van der Waals surface area contributed by atoms with Crippen LogP contribution in [0.25, 0.3) is 0 Å². The predicted octanol–water partition coefficient (Wildman–Crippen LogP) is 1.43. The molecule has 0 radical (unpaired) electrons. The molecule has 1 aromatic carbocycles. The van der Waals surface area contributed by atoms with Crippen LogP contribution in [-0.4, -0.2) is 119 Å². The Balaban J connectivity index is 1.97. The van der Waals surface area contributed by atoms with E-state index in [1.807, 2.05) is 0 Å². The van der Waals surface area contributed by atoms with E-state index < -0.39 is 47.4 Å². The maximum absolute atomic E-state index is 14.2. The Bertz CT molecular complexity index is 1140. The third kappa shape index (κ3) is 7.36. The lowest BCUT2D eigenvalue weighted by Gasteiger charge is -2.41. The minimum Gasteiger partial charge on any atom is -0.491 e. The zero-order valence-corrected chi connectivity index (χ0v) is 22.8. The van der Waals surface area contributed by atoms with Gasteiger partial charge in [-0.1, -0.05) is 0 Å². The highest BCUT2D eigenvalue weighted by Crippen LogP contribution is 2.25. The first kappa shape index (κ1) is 29.7. The number of aliphatic carboxylic acids is 1. The van der Waals surface area contributed by atoms with Crippen molar-refractivity contribution in [2.24, 2.45) is 0 Å². The molecule has 4 amide bonds. The van der Waals surface area contributed by atoms with E-state index in [1.54, 1.807) is 20.8 Å². The van der Waals surface area contributed by atoms with Crippen LogP contribution in [-0.2, 0) is 19.1 Å². The molecule has 2 atom stereocenters. The summed E-state index contributed by atoms with van der Waals surface area (Å²) in [5.74, 6) is -3.74. The minimum absolute atomic E-state index is 0.0118. The van der Waals surface area contributed by atoms with Crippen LogP contribution in [0.3, 0.4) is 0 Å². The van der Waals surface area contributed by atoms with Crippen molar-refractivity contribution in [3.05, 3.63) is 29.6 Å². The fourth-order valence-electron chi connectivity index (χ4n) is 4.45. The standard InChI is InChI=1S/C26H35FN4O8/c1-26(2,3)39-25(37)30-10-11-31-17(13-30)15-38-20-8-6-16(27)12-18(20)23(34)29(5)19(24(35)36)7-9-21(32)28(4)14-22(31)33/h6,8,12,17,19H,7,9-11,13-15H2,1-5H3,(H,35,36)/t17-,19-/m0/s1. The van der Waals surface area contributed by atoms with E-state index in [9.17, 15) is 33.5 Å². The first-order valence-electron chi connectivity index (χ1n) is 12.6. The molecule has 13 heteroatoms. The van der Waals surface area contributed by atoms with Gasteiger partial charge in [0.25, 0.3) is 5.91 Å². The van der Waals surface area contributed by atoms with E-state index >= 15 is 0 Å². The van der Waals surface area contributed by atoms with Crippen LogP contribution in [0, 0.1) is 5.82 Å². The second kappa shape index (κ2) is 11.9. The number of amides is 4. The van der Waals surface area contributed by atoms with E-state index in [0.717, 1.165) is 17.0 Å².